The van der Waals surface area contributed by atoms with Gasteiger partial charge in [-0.25, -0.2) is 0 Å². The van der Waals surface area contributed by atoms with Crippen LogP contribution in [0.5, 0.6) is 0 Å². The Balaban J connectivity index is 2.00. The van der Waals surface area contributed by atoms with Crippen LogP contribution in [0.2, 0.25) is 0 Å². The molecule has 0 aromatic rings. The third kappa shape index (κ3) is 2.83. The number of likely N-dealkylation sites (tertiary alicyclic amines) is 1. The molecule has 17 heavy (non-hydrogen) atoms. The summed E-state index contributed by atoms with van der Waals surface area (Å²) in [6.45, 7) is 7.95. The topological polar surface area (TPSA) is 35.5 Å². The summed E-state index contributed by atoms with van der Waals surface area (Å²) >= 11 is 0. The van der Waals surface area contributed by atoms with Gasteiger partial charge in [-0.1, -0.05) is 13.8 Å². The second kappa shape index (κ2) is 5.68. The molecule has 1 saturated carbocycles. The minimum atomic E-state index is -0.0213. The lowest BCUT2D eigenvalue weighted by atomic mass is 9.92. The third-order valence-electron chi connectivity index (χ3n) is 4.63. The van der Waals surface area contributed by atoms with Gasteiger partial charge in [0.25, 0.3) is 0 Å². The fourth-order valence-electron chi connectivity index (χ4n) is 3.48. The number of aliphatic hydroxyl groups excluding tert-OH is 1. The molecular weight excluding hydrogens is 212 g/mol. The Bertz CT molecular complexity index is 242. The molecule has 2 N–H and O–H groups in total. The second-order valence-electron chi connectivity index (χ2n) is 5.79. The van der Waals surface area contributed by atoms with Crippen LogP contribution in [-0.4, -0.2) is 47.8 Å². The first kappa shape index (κ1) is 13.3. The third-order valence-corrected chi connectivity index (χ3v) is 4.63. The normalized spacial score (nSPS) is 29.5. The van der Waals surface area contributed by atoms with Crippen molar-refractivity contribution in [2.24, 2.45) is 5.92 Å². The molecule has 0 radical (unpaired) electrons. The van der Waals surface area contributed by atoms with Crippen molar-refractivity contribution in [1.29, 1.82) is 0 Å². The van der Waals surface area contributed by atoms with Gasteiger partial charge in [-0.3, -0.25) is 4.90 Å². The van der Waals surface area contributed by atoms with Gasteiger partial charge >= 0.3 is 0 Å². The summed E-state index contributed by atoms with van der Waals surface area (Å²) in [6, 6.07) is 0.748. The van der Waals surface area contributed by atoms with E-state index in [-0.39, 0.29) is 5.54 Å². The maximum Gasteiger partial charge on any atom is 0.0628 e. The van der Waals surface area contributed by atoms with E-state index in [2.05, 4.69) is 24.1 Å². The van der Waals surface area contributed by atoms with E-state index in [0.29, 0.717) is 12.5 Å². The summed E-state index contributed by atoms with van der Waals surface area (Å²) in [4.78, 5) is 2.61. The maximum atomic E-state index is 9.85. The smallest absolute Gasteiger partial charge is 0.0628 e. The Morgan fingerprint density at radius 3 is 2.59 bits per heavy atom. The standard InChI is InChI=1S/C14H28N2O/c1-3-13-6-5-9-16(13)10-14(11-17,15-4-2)12-7-8-12/h12-13,15,17H,3-11H2,1-2H3. The molecule has 0 aromatic carbocycles. The minimum absolute atomic E-state index is 0.0213. The molecule has 1 aliphatic carbocycles. The SMILES string of the molecule is CCNC(CO)(CN1CCCC1CC)C1CC1. The van der Waals surface area contributed by atoms with Crippen LogP contribution in [0.1, 0.15) is 46.0 Å². The Labute approximate surface area is 106 Å². The van der Waals surface area contributed by atoms with Crippen molar-refractivity contribution in [3.05, 3.63) is 0 Å². The number of nitrogens with one attached hydrogen (secondary N) is 1. The zero-order chi connectivity index (χ0) is 12.3. The molecule has 2 aliphatic rings. The molecule has 1 saturated heterocycles. The van der Waals surface area contributed by atoms with Gasteiger partial charge in [-0.05, 0) is 51.1 Å². The highest BCUT2D eigenvalue weighted by Gasteiger charge is 2.46. The van der Waals surface area contributed by atoms with Gasteiger partial charge in [0.2, 0.25) is 0 Å². The monoisotopic (exact) mass is 240 g/mol. The maximum absolute atomic E-state index is 9.85. The van der Waals surface area contributed by atoms with Gasteiger partial charge in [0.15, 0.2) is 0 Å². The molecule has 100 valence electrons. The first-order valence-electron chi connectivity index (χ1n) is 7.35. The van der Waals surface area contributed by atoms with Crippen LogP contribution in [-0.2, 0) is 0 Å². The molecule has 1 aliphatic heterocycles. The van der Waals surface area contributed by atoms with Crippen LogP contribution in [0.4, 0.5) is 0 Å². The molecule has 3 heteroatoms. The van der Waals surface area contributed by atoms with Crippen molar-refractivity contribution in [3.63, 3.8) is 0 Å². The Kier molecular flexibility index (Phi) is 4.45. The molecule has 1 heterocycles. The van der Waals surface area contributed by atoms with Crippen LogP contribution in [0, 0.1) is 5.92 Å². The number of hydrogen-bond donors (Lipinski definition) is 2. The zero-order valence-electron chi connectivity index (χ0n) is 11.4. The van der Waals surface area contributed by atoms with E-state index < -0.39 is 0 Å². The number of aliphatic hydroxyl groups is 1. The quantitative estimate of drug-likeness (QED) is 0.710. The van der Waals surface area contributed by atoms with Gasteiger partial charge in [0.1, 0.15) is 0 Å². The summed E-state index contributed by atoms with van der Waals surface area (Å²) in [5.41, 5.74) is -0.0213. The van der Waals surface area contributed by atoms with E-state index in [4.69, 9.17) is 0 Å². The lowest BCUT2D eigenvalue weighted by Crippen LogP contribution is -2.58. The highest BCUT2D eigenvalue weighted by atomic mass is 16.3. The predicted molar refractivity (Wildman–Crippen MR) is 71.1 cm³/mol. The van der Waals surface area contributed by atoms with Crippen LogP contribution in [0.25, 0.3) is 0 Å². The van der Waals surface area contributed by atoms with E-state index in [1.54, 1.807) is 0 Å². The van der Waals surface area contributed by atoms with E-state index in [0.717, 1.165) is 19.1 Å². The van der Waals surface area contributed by atoms with Gasteiger partial charge < -0.3 is 10.4 Å². The largest absolute Gasteiger partial charge is 0.394 e. The van der Waals surface area contributed by atoms with E-state index in [1.165, 1.54) is 38.6 Å². The fourth-order valence-corrected chi connectivity index (χ4v) is 3.48. The number of likely N-dealkylation sites (N-methyl/N-ethyl adjacent to an activating group) is 1. The molecule has 2 fully saturated rings. The number of nitrogens with zero attached hydrogens (tertiary/aromatic N) is 1. The van der Waals surface area contributed by atoms with Gasteiger partial charge in [0, 0.05) is 12.6 Å². The minimum Gasteiger partial charge on any atom is -0.394 e. The molecule has 0 aromatic heterocycles. The fraction of sp³-hybridized carbons (Fsp3) is 1.00. The van der Waals surface area contributed by atoms with Crippen LogP contribution in [0.3, 0.4) is 0 Å². The van der Waals surface area contributed by atoms with Crippen LogP contribution < -0.4 is 5.32 Å². The average molecular weight is 240 g/mol. The second-order valence-corrected chi connectivity index (χ2v) is 5.79. The predicted octanol–water partition coefficient (Wildman–Crippen LogP) is 1.61. The number of rotatable bonds is 7. The van der Waals surface area contributed by atoms with Crippen LogP contribution in [0.15, 0.2) is 0 Å². The summed E-state index contributed by atoms with van der Waals surface area (Å²) in [7, 11) is 0. The Morgan fingerprint density at radius 2 is 2.06 bits per heavy atom. The summed E-state index contributed by atoms with van der Waals surface area (Å²) in [6.07, 6.45) is 6.50. The van der Waals surface area contributed by atoms with E-state index in [9.17, 15) is 5.11 Å². The van der Waals surface area contributed by atoms with Crippen molar-refractivity contribution < 1.29 is 5.11 Å². The summed E-state index contributed by atoms with van der Waals surface area (Å²) < 4.78 is 0. The molecule has 0 bridgehead atoms. The molecule has 0 amide bonds. The Hall–Kier alpha value is -0.120. The number of hydrogen-bond acceptors (Lipinski definition) is 3. The average Bonchev–Trinajstić information content (AvgIpc) is 3.10. The van der Waals surface area contributed by atoms with Crippen molar-refractivity contribution in [1.82, 2.24) is 10.2 Å². The lowest BCUT2D eigenvalue weighted by Gasteiger charge is -2.39. The zero-order valence-corrected chi connectivity index (χ0v) is 11.4. The Morgan fingerprint density at radius 1 is 1.29 bits per heavy atom. The van der Waals surface area contributed by atoms with Crippen LogP contribution >= 0.6 is 0 Å². The van der Waals surface area contributed by atoms with E-state index >= 15 is 0 Å². The van der Waals surface area contributed by atoms with Gasteiger partial charge in [0.05, 0.1) is 12.1 Å². The highest BCUT2D eigenvalue weighted by molar-refractivity contribution is 5.03. The molecular formula is C14H28N2O. The molecule has 0 spiro atoms. The molecule has 2 atom stereocenters. The van der Waals surface area contributed by atoms with Gasteiger partial charge in [-0.2, -0.15) is 0 Å². The van der Waals surface area contributed by atoms with Crippen molar-refractivity contribution in [2.45, 2.75) is 57.5 Å². The lowest BCUT2D eigenvalue weighted by molar-refractivity contribution is 0.0855. The molecule has 3 nitrogen and oxygen atoms in total. The highest BCUT2D eigenvalue weighted by Crippen LogP contribution is 2.41. The van der Waals surface area contributed by atoms with Crippen molar-refractivity contribution in [2.75, 3.05) is 26.2 Å². The summed E-state index contributed by atoms with van der Waals surface area (Å²) in [5, 5.41) is 13.4. The summed E-state index contributed by atoms with van der Waals surface area (Å²) in [5.74, 6) is 0.700. The first-order chi connectivity index (χ1) is 8.25. The molecule has 2 rings (SSSR count). The van der Waals surface area contributed by atoms with E-state index in [1.807, 2.05) is 0 Å². The molecule has 2 unspecified atom stereocenters. The van der Waals surface area contributed by atoms with Gasteiger partial charge in [-0.15, -0.1) is 0 Å². The first-order valence-corrected chi connectivity index (χ1v) is 7.35. The van der Waals surface area contributed by atoms with Crippen molar-refractivity contribution in [3.8, 4) is 0 Å². The van der Waals surface area contributed by atoms with Crippen molar-refractivity contribution >= 4 is 0 Å².